The van der Waals surface area contributed by atoms with Crippen molar-refractivity contribution < 1.29 is 4.74 Å². The maximum atomic E-state index is 5.81. The number of nitrogens with one attached hydrogen (secondary N) is 1. The summed E-state index contributed by atoms with van der Waals surface area (Å²) in [6.07, 6.45) is 2.56. The first-order valence-corrected chi connectivity index (χ1v) is 6.85. The normalized spacial score (nSPS) is 10.6. The third-order valence-corrected chi connectivity index (χ3v) is 3.45. The highest BCUT2D eigenvalue weighted by atomic mass is 32.2. The van der Waals surface area contributed by atoms with E-state index in [1.807, 2.05) is 26.0 Å². The number of hydrogen-bond donors (Lipinski definition) is 1. The molecule has 0 saturated heterocycles. The van der Waals surface area contributed by atoms with Crippen LogP contribution in [0.4, 0.5) is 0 Å². The number of ether oxygens (including phenoxy) is 1. The van der Waals surface area contributed by atoms with Crippen molar-refractivity contribution in [2.45, 2.75) is 25.4 Å². The van der Waals surface area contributed by atoms with E-state index in [0.29, 0.717) is 6.61 Å². The molecule has 0 unspecified atom stereocenters. The molecule has 0 bridgehead atoms. The van der Waals surface area contributed by atoms with Gasteiger partial charge in [-0.3, -0.25) is 0 Å². The summed E-state index contributed by atoms with van der Waals surface area (Å²) < 4.78 is 5.81. The molecule has 5 heteroatoms. The minimum Gasteiger partial charge on any atom is -0.493 e. The van der Waals surface area contributed by atoms with E-state index < -0.39 is 0 Å². The number of hydrogen-bond acceptors (Lipinski definition) is 4. The molecule has 0 aliphatic heterocycles. The van der Waals surface area contributed by atoms with Crippen molar-refractivity contribution in [1.29, 1.82) is 0 Å². The molecule has 1 aromatic carbocycles. The van der Waals surface area contributed by atoms with Crippen molar-refractivity contribution in [2.24, 2.45) is 0 Å². The fourth-order valence-corrected chi connectivity index (χ4v) is 2.32. The summed E-state index contributed by atoms with van der Waals surface area (Å²) in [6, 6.07) is 6.99. The molecule has 1 aromatic heterocycles. The first kappa shape index (κ1) is 13.0. The Morgan fingerprint density at radius 1 is 1.33 bits per heavy atom. The highest BCUT2D eigenvalue weighted by molar-refractivity contribution is 7.99. The lowest BCUT2D eigenvalue weighted by Gasteiger charge is -2.11. The number of nitrogens with zero attached hydrogens (tertiary/aromatic N) is 2. The summed E-state index contributed by atoms with van der Waals surface area (Å²) in [4.78, 5) is 2.96. The number of benzene rings is 1. The van der Waals surface area contributed by atoms with Crippen LogP contribution < -0.4 is 4.74 Å². The van der Waals surface area contributed by atoms with E-state index in [2.05, 4.69) is 21.2 Å². The predicted octanol–water partition coefficient (Wildman–Crippen LogP) is 2.78. The summed E-state index contributed by atoms with van der Waals surface area (Å²) in [5.41, 5.74) is 2.27. The van der Waals surface area contributed by atoms with Gasteiger partial charge < -0.3 is 9.72 Å². The largest absolute Gasteiger partial charge is 0.493 e. The molecule has 18 heavy (non-hydrogen) atoms. The van der Waals surface area contributed by atoms with Crippen LogP contribution in [0.1, 0.15) is 17.5 Å². The lowest BCUT2D eigenvalue weighted by atomic mass is 10.1. The van der Waals surface area contributed by atoms with Crippen LogP contribution in [-0.4, -0.2) is 27.5 Å². The van der Waals surface area contributed by atoms with Crippen LogP contribution >= 0.6 is 11.8 Å². The van der Waals surface area contributed by atoms with E-state index in [4.69, 9.17) is 4.74 Å². The van der Waals surface area contributed by atoms with Crippen LogP contribution in [0, 0.1) is 19.9 Å². The highest BCUT2D eigenvalue weighted by Crippen LogP contribution is 2.22. The molecule has 1 radical (unpaired) electrons. The van der Waals surface area contributed by atoms with Gasteiger partial charge in [-0.25, -0.2) is 0 Å². The molecule has 1 N–H and O–H groups in total. The Morgan fingerprint density at radius 2 is 2.11 bits per heavy atom. The van der Waals surface area contributed by atoms with Crippen molar-refractivity contribution in [3.05, 3.63) is 35.7 Å². The van der Waals surface area contributed by atoms with Gasteiger partial charge in [0.2, 0.25) is 0 Å². The SMILES string of the molecule is Cc1c[c]cc(C)c1OCCCSc1nnc[nH]1. The van der Waals surface area contributed by atoms with Crippen LogP contribution in [-0.2, 0) is 0 Å². The maximum Gasteiger partial charge on any atom is 0.188 e. The zero-order chi connectivity index (χ0) is 12.8. The Labute approximate surface area is 111 Å². The lowest BCUT2D eigenvalue weighted by molar-refractivity contribution is 0.314. The Balaban J connectivity index is 1.72. The van der Waals surface area contributed by atoms with Crippen molar-refractivity contribution in [2.75, 3.05) is 12.4 Å². The maximum absolute atomic E-state index is 5.81. The van der Waals surface area contributed by atoms with E-state index in [0.717, 1.165) is 34.2 Å². The second kappa shape index (κ2) is 6.44. The van der Waals surface area contributed by atoms with Crippen LogP contribution in [0.15, 0.2) is 23.6 Å². The minimum atomic E-state index is 0.715. The summed E-state index contributed by atoms with van der Waals surface area (Å²) in [6.45, 7) is 4.80. The third kappa shape index (κ3) is 3.50. The second-order valence-corrected chi connectivity index (χ2v) is 5.08. The van der Waals surface area contributed by atoms with Gasteiger partial charge in [-0.2, -0.15) is 0 Å². The van der Waals surface area contributed by atoms with Crippen LogP contribution in [0.3, 0.4) is 0 Å². The van der Waals surface area contributed by atoms with E-state index in [-0.39, 0.29) is 0 Å². The van der Waals surface area contributed by atoms with Gasteiger partial charge in [0.15, 0.2) is 5.16 Å². The third-order valence-electron chi connectivity index (χ3n) is 2.48. The van der Waals surface area contributed by atoms with E-state index in [1.54, 1.807) is 18.1 Å². The zero-order valence-corrected chi connectivity index (χ0v) is 11.4. The molecule has 2 rings (SSSR count). The molecule has 95 valence electrons. The van der Waals surface area contributed by atoms with Gasteiger partial charge in [0.1, 0.15) is 12.1 Å². The lowest BCUT2D eigenvalue weighted by Crippen LogP contribution is -2.01. The van der Waals surface area contributed by atoms with Crippen molar-refractivity contribution in [3.63, 3.8) is 0 Å². The van der Waals surface area contributed by atoms with Crippen molar-refractivity contribution in [3.8, 4) is 5.75 Å². The van der Waals surface area contributed by atoms with Crippen molar-refractivity contribution >= 4 is 11.8 Å². The molecule has 4 nitrogen and oxygen atoms in total. The number of rotatable bonds is 6. The smallest absolute Gasteiger partial charge is 0.188 e. The highest BCUT2D eigenvalue weighted by Gasteiger charge is 2.03. The molecular weight excluding hydrogens is 246 g/mol. The molecule has 0 atom stereocenters. The number of aromatic nitrogens is 3. The van der Waals surface area contributed by atoms with E-state index in [9.17, 15) is 0 Å². The van der Waals surface area contributed by atoms with Crippen LogP contribution in [0.25, 0.3) is 0 Å². The average molecular weight is 262 g/mol. The van der Waals surface area contributed by atoms with Gasteiger partial charge in [0, 0.05) is 5.75 Å². The topological polar surface area (TPSA) is 50.8 Å². The molecule has 1 heterocycles. The summed E-state index contributed by atoms with van der Waals surface area (Å²) >= 11 is 1.66. The second-order valence-electron chi connectivity index (χ2n) is 4.00. The Hall–Kier alpha value is -1.49. The molecular formula is C13H16N3OS. The fraction of sp³-hybridized carbons (Fsp3) is 0.385. The fourth-order valence-electron chi connectivity index (χ4n) is 1.63. The Kier molecular flexibility index (Phi) is 4.64. The summed E-state index contributed by atoms with van der Waals surface area (Å²) in [5, 5.41) is 8.50. The first-order chi connectivity index (χ1) is 8.77. The predicted molar refractivity (Wildman–Crippen MR) is 72.0 cm³/mol. The van der Waals surface area contributed by atoms with Crippen molar-refractivity contribution in [1.82, 2.24) is 15.2 Å². The van der Waals surface area contributed by atoms with Gasteiger partial charge in [-0.15, -0.1) is 10.2 Å². The minimum absolute atomic E-state index is 0.715. The molecule has 2 aromatic rings. The average Bonchev–Trinajstić information content (AvgIpc) is 2.85. The monoisotopic (exact) mass is 262 g/mol. The molecule has 0 saturated carbocycles. The number of aryl methyl sites for hydroxylation is 2. The molecule has 0 fully saturated rings. The van der Waals surface area contributed by atoms with E-state index in [1.165, 1.54) is 0 Å². The standard InChI is InChI=1S/C13H16N3OS/c1-10-5-3-6-11(2)12(10)17-7-4-8-18-13-14-9-15-16-13/h5-6,9H,4,7-8H2,1-2H3,(H,14,15,16). The molecule has 0 spiro atoms. The number of thioether (sulfide) groups is 1. The molecule has 0 aliphatic rings. The van der Waals surface area contributed by atoms with E-state index >= 15 is 0 Å². The molecule has 0 amide bonds. The molecule has 0 aliphatic carbocycles. The van der Waals surface area contributed by atoms with Gasteiger partial charge in [-0.05, 0) is 49.6 Å². The van der Waals surface area contributed by atoms with Gasteiger partial charge in [-0.1, -0.05) is 11.8 Å². The van der Waals surface area contributed by atoms with Crippen LogP contribution in [0.2, 0.25) is 0 Å². The summed E-state index contributed by atoms with van der Waals surface area (Å²) in [5.74, 6) is 1.95. The van der Waals surface area contributed by atoms with Gasteiger partial charge >= 0.3 is 0 Å². The number of H-pyrrole nitrogens is 1. The Morgan fingerprint density at radius 3 is 2.78 bits per heavy atom. The van der Waals surface area contributed by atoms with Gasteiger partial charge in [0.25, 0.3) is 0 Å². The first-order valence-electron chi connectivity index (χ1n) is 5.86. The summed E-state index contributed by atoms with van der Waals surface area (Å²) in [7, 11) is 0. The van der Waals surface area contributed by atoms with Crippen LogP contribution in [0.5, 0.6) is 5.75 Å². The zero-order valence-electron chi connectivity index (χ0n) is 10.6. The number of aromatic amines is 1. The Bertz CT molecular complexity index is 465. The quantitative estimate of drug-likeness (QED) is 0.642. The van der Waals surface area contributed by atoms with Gasteiger partial charge in [0.05, 0.1) is 6.61 Å².